The average Bonchev–Trinajstić information content (AvgIpc) is 3.05. The lowest BCUT2D eigenvalue weighted by Gasteiger charge is -2.52. The van der Waals surface area contributed by atoms with Gasteiger partial charge >= 0.3 is 0 Å². The molecular formula is C27H23NO2. The molecule has 3 heteroatoms. The molecule has 7 rings (SSSR count). The molecule has 1 fully saturated rings. The van der Waals surface area contributed by atoms with Crippen molar-refractivity contribution in [2.24, 2.45) is 11.8 Å². The van der Waals surface area contributed by atoms with Gasteiger partial charge in [0.1, 0.15) is 0 Å². The van der Waals surface area contributed by atoms with E-state index < -0.39 is 5.41 Å². The quantitative estimate of drug-likeness (QED) is 0.623. The van der Waals surface area contributed by atoms with E-state index in [9.17, 15) is 9.59 Å². The van der Waals surface area contributed by atoms with Gasteiger partial charge in [-0.05, 0) is 34.2 Å². The van der Waals surface area contributed by atoms with Crippen LogP contribution >= 0.6 is 0 Å². The van der Waals surface area contributed by atoms with Crippen LogP contribution < -0.4 is 0 Å². The number of hydrogen-bond acceptors (Lipinski definition) is 2. The summed E-state index contributed by atoms with van der Waals surface area (Å²) in [6.45, 7) is 2.62. The van der Waals surface area contributed by atoms with Crippen LogP contribution in [0.2, 0.25) is 0 Å². The van der Waals surface area contributed by atoms with Crippen molar-refractivity contribution in [3.05, 3.63) is 107 Å². The Morgan fingerprint density at radius 1 is 0.767 bits per heavy atom. The fourth-order valence-electron chi connectivity index (χ4n) is 6.32. The van der Waals surface area contributed by atoms with Crippen molar-refractivity contribution in [3.8, 4) is 0 Å². The molecule has 3 aromatic rings. The van der Waals surface area contributed by atoms with Crippen LogP contribution in [-0.2, 0) is 21.4 Å². The molecule has 1 heterocycles. The van der Waals surface area contributed by atoms with Crippen molar-refractivity contribution in [1.82, 2.24) is 4.90 Å². The fraction of sp³-hybridized carbons (Fsp3) is 0.259. The van der Waals surface area contributed by atoms with Crippen molar-refractivity contribution in [2.45, 2.75) is 24.7 Å². The Morgan fingerprint density at radius 3 is 1.97 bits per heavy atom. The van der Waals surface area contributed by atoms with Gasteiger partial charge in [-0.2, -0.15) is 0 Å². The monoisotopic (exact) mass is 393 g/mol. The van der Waals surface area contributed by atoms with Crippen molar-refractivity contribution >= 4 is 11.8 Å². The van der Waals surface area contributed by atoms with E-state index in [4.69, 9.17) is 0 Å². The number of carbonyl (C=O) groups excluding carboxylic acids is 2. The first-order valence-electron chi connectivity index (χ1n) is 10.7. The Morgan fingerprint density at radius 2 is 1.33 bits per heavy atom. The third-order valence-corrected chi connectivity index (χ3v) is 7.60. The predicted molar refractivity (Wildman–Crippen MR) is 115 cm³/mol. The Kier molecular flexibility index (Phi) is 3.62. The number of benzene rings is 3. The molecule has 3 aromatic carbocycles. The van der Waals surface area contributed by atoms with E-state index in [-0.39, 0.29) is 29.6 Å². The first-order valence-corrected chi connectivity index (χ1v) is 10.7. The summed E-state index contributed by atoms with van der Waals surface area (Å²) in [5.74, 6) is -0.667. The normalized spacial score (nSPS) is 28.3. The summed E-state index contributed by atoms with van der Waals surface area (Å²) >= 11 is 0. The van der Waals surface area contributed by atoms with E-state index in [1.54, 1.807) is 4.90 Å². The Hall–Kier alpha value is -3.20. The van der Waals surface area contributed by atoms with Crippen LogP contribution in [0.15, 0.2) is 78.9 Å². The summed E-state index contributed by atoms with van der Waals surface area (Å²) in [5.41, 5.74) is 5.52. The second-order valence-corrected chi connectivity index (χ2v) is 8.92. The summed E-state index contributed by atoms with van der Waals surface area (Å²) < 4.78 is 0. The largest absolute Gasteiger partial charge is 0.282 e. The molecule has 148 valence electrons. The molecule has 3 aliphatic carbocycles. The topological polar surface area (TPSA) is 37.4 Å². The summed E-state index contributed by atoms with van der Waals surface area (Å²) in [4.78, 5) is 28.9. The minimum absolute atomic E-state index is 0.00108. The fourth-order valence-corrected chi connectivity index (χ4v) is 6.32. The molecule has 0 unspecified atom stereocenters. The van der Waals surface area contributed by atoms with E-state index in [1.807, 2.05) is 18.2 Å². The lowest BCUT2D eigenvalue weighted by atomic mass is 9.48. The van der Waals surface area contributed by atoms with Crippen LogP contribution in [-0.4, -0.2) is 23.3 Å². The summed E-state index contributed by atoms with van der Waals surface area (Å²) in [6.07, 6.45) is 0.693. The van der Waals surface area contributed by atoms with E-state index in [0.717, 1.165) is 5.56 Å². The number of imide groups is 1. The van der Waals surface area contributed by atoms with Crippen molar-refractivity contribution < 1.29 is 9.59 Å². The highest BCUT2D eigenvalue weighted by atomic mass is 16.2. The smallest absolute Gasteiger partial charge is 0.234 e. The third-order valence-electron chi connectivity index (χ3n) is 7.60. The maximum absolute atomic E-state index is 13.7. The van der Waals surface area contributed by atoms with Gasteiger partial charge in [-0.1, -0.05) is 85.8 Å². The third kappa shape index (κ3) is 2.10. The maximum Gasteiger partial charge on any atom is 0.234 e. The van der Waals surface area contributed by atoms with E-state index in [2.05, 4.69) is 67.6 Å². The lowest BCUT2D eigenvalue weighted by Crippen LogP contribution is -2.51. The first kappa shape index (κ1) is 17.6. The molecule has 2 bridgehead atoms. The number of nitrogens with zero attached hydrogens (tertiary/aromatic N) is 1. The SMILES string of the molecule is CC12c3ccccc3C(c3ccccc31)[C@H]1C(=O)N(CCc3ccccc3)C(=O)[C@@H]12. The number of amides is 2. The van der Waals surface area contributed by atoms with E-state index >= 15 is 0 Å². The van der Waals surface area contributed by atoms with Gasteiger partial charge in [-0.25, -0.2) is 0 Å². The van der Waals surface area contributed by atoms with Crippen molar-refractivity contribution in [2.75, 3.05) is 6.54 Å². The molecule has 0 N–H and O–H groups in total. The lowest BCUT2D eigenvalue weighted by molar-refractivity contribution is -0.140. The molecule has 0 spiro atoms. The second kappa shape index (κ2) is 6.15. The highest BCUT2D eigenvalue weighted by Gasteiger charge is 2.66. The van der Waals surface area contributed by atoms with Crippen LogP contribution in [0, 0.1) is 11.8 Å². The number of carbonyl (C=O) groups is 2. The summed E-state index contributed by atoms with van der Waals surface area (Å²) in [6, 6.07) is 26.9. The molecular weight excluding hydrogens is 370 g/mol. The highest BCUT2D eigenvalue weighted by molar-refractivity contribution is 6.08. The van der Waals surface area contributed by atoms with Crippen LogP contribution in [0.1, 0.15) is 40.7 Å². The molecule has 2 amide bonds. The molecule has 3 nitrogen and oxygen atoms in total. The van der Waals surface area contributed by atoms with Gasteiger partial charge in [-0.3, -0.25) is 14.5 Å². The molecule has 0 aromatic heterocycles. The van der Waals surface area contributed by atoms with Crippen molar-refractivity contribution in [1.29, 1.82) is 0 Å². The van der Waals surface area contributed by atoms with Gasteiger partial charge in [0.2, 0.25) is 11.8 Å². The number of likely N-dealkylation sites (tertiary alicyclic amines) is 1. The zero-order valence-electron chi connectivity index (χ0n) is 16.9. The highest BCUT2D eigenvalue weighted by Crippen LogP contribution is 2.63. The molecule has 1 aliphatic heterocycles. The summed E-state index contributed by atoms with van der Waals surface area (Å²) in [7, 11) is 0. The molecule has 0 saturated carbocycles. The first-order chi connectivity index (χ1) is 14.6. The van der Waals surface area contributed by atoms with Gasteiger partial charge in [-0.15, -0.1) is 0 Å². The van der Waals surface area contributed by atoms with Gasteiger partial charge in [0.15, 0.2) is 0 Å². The standard InChI is InChI=1S/C27H23NO2/c1-27-20-13-7-5-11-18(20)22(19-12-6-8-14-21(19)27)23-24(27)26(30)28(25(23)29)16-15-17-9-3-2-4-10-17/h2-14,22-24H,15-16H2,1H3/t22?,23-,24-,27?/m1/s1. The maximum atomic E-state index is 13.7. The van der Waals surface area contributed by atoms with Crippen LogP contribution in [0.5, 0.6) is 0 Å². The van der Waals surface area contributed by atoms with Crippen LogP contribution in [0.25, 0.3) is 0 Å². The molecule has 2 atom stereocenters. The van der Waals surface area contributed by atoms with Gasteiger partial charge < -0.3 is 0 Å². The number of rotatable bonds is 3. The average molecular weight is 393 g/mol. The Balaban J connectivity index is 1.46. The van der Waals surface area contributed by atoms with Gasteiger partial charge in [0, 0.05) is 17.9 Å². The van der Waals surface area contributed by atoms with Crippen molar-refractivity contribution in [3.63, 3.8) is 0 Å². The Bertz CT molecular complexity index is 1130. The van der Waals surface area contributed by atoms with Gasteiger partial charge in [0.05, 0.1) is 11.8 Å². The minimum Gasteiger partial charge on any atom is -0.282 e. The minimum atomic E-state index is -0.471. The predicted octanol–water partition coefficient (Wildman–Crippen LogP) is 4.30. The van der Waals surface area contributed by atoms with E-state index in [0.29, 0.717) is 13.0 Å². The molecule has 30 heavy (non-hydrogen) atoms. The molecule has 0 radical (unpaired) electrons. The Labute approximate surface area is 176 Å². The van der Waals surface area contributed by atoms with Gasteiger partial charge in [0.25, 0.3) is 0 Å². The molecule has 1 saturated heterocycles. The van der Waals surface area contributed by atoms with E-state index in [1.165, 1.54) is 22.3 Å². The zero-order valence-corrected chi connectivity index (χ0v) is 16.9. The number of hydrogen-bond donors (Lipinski definition) is 0. The molecule has 4 aliphatic rings. The van der Waals surface area contributed by atoms with Crippen LogP contribution in [0.3, 0.4) is 0 Å². The second-order valence-electron chi connectivity index (χ2n) is 8.92. The van der Waals surface area contributed by atoms with Crippen LogP contribution in [0.4, 0.5) is 0 Å². The zero-order chi connectivity index (χ0) is 20.5. The summed E-state index contributed by atoms with van der Waals surface area (Å²) in [5, 5.41) is 0.